The first-order chi connectivity index (χ1) is 10.4. The Bertz CT molecular complexity index is 633. The summed E-state index contributed by atoms with van der Waals surface area (Å²) < 4.78 is 0. The summed E-state index contributed by atoms with van der Waals surface area (Å²) in [5.41, 5.74) is -0.237. The molecule has 0 aromatic heterocycles. The molecule has 22 heavy (non-hydrogen) atoms. The van der Waals surface area contributed by atoms with E-state index in [1.807, 2.05) is 19.9 Å². The smallest absolute Gasteiger partial charge is 0.303 e. The van der Waals surface area contributed by atoms with Gasteiger partial charge in [-0.1, -0.05) is 13.8 Å². The molecule has 1 N–H and O–H groups in total. The van der Waals surface area contributed by atoms with E-state index < -0.39 is 9.85 Å². The van der Waals surface area contributed by atoms with Gasteiger partial charge in [0.2, 0.25) is 0 Å². The van der Waals surface area contributed by atoms with Crippen LogP contribution in [-0.2, 0) is 6.42 Å². The normalized spacial score (nSPS) is 10.3. The molecule has 0 bridgehead atoms. The molecule has 0 unspecified atom stereocenters. The molecule has 0 atom stereocenters. The van der Waals surface area contributed by atoms with Gasteiger partial charge in [-0.3, -0.25) is 20.2 Å². The van der Waals surface area contributed by atoms with Crippen molar-refractivity contribution in [2.75, 3.05) is 5.32 Å². The standard InChI is InChI=1S/C14H18N4O4/c1-4-10(5-2)16-13-12(17(19)20)8-9(3)11(6-7-15)14(13)18(21)22/h8,10,16H,4-6H2,1-3H3. The summed E-state index contributed by atoms with van der Waals surface area (Å²) in [6, 6.07) is 3.04. The molecule has 8 heteroatoms. The van der Waals surface area contributed by atoms with Gasteiger partial charge in [0.25, 0.3) is 5.69 Å². The van der Waals surface area contributed by atoms with Crippen LogP contribution in [0.1, 0.15) is 37.8 Å². The highest BCUT2D eigenvalue weighted by molar-refractivity contribution is 5.78. The molecular weight excluding hydrogens is 288 g/mol. The summed E-state index contributed by atoms with van der Waals surface area (Å²) in [6.07, 6.45) is 1.18. The Hall–Kier alpha value is -2.69. The molecular formula is C14H18N4O4. The molecule has 0 spiro atoms. The summed E-state index contributed by atoms with van der Waals surface area (Å²) in [4.78, 5) is 21.4. The highest BCUT2D eigenvalue weighted by Crippen LogP contribution is 2.40. The molecule has 0 amide bonds. The second kappa shape index (κ2) is 7.36. The lowest BCUT2D eigenvalue weighted by Crippen LogP contribution is -2.19. The van der Waals surface area contributed by atoms with Gasteiger partial charge in [-0.2, -0.15) is 5.26 Å². The van der Waals surface area contributed by atoms with Gasteiger partial charge in [0.1, 0.15) is 0 Å². The van der Waals surface area contributed by atoms with E-state index in [1.54, 1.807) is 0 Å². The monoisotopic (exact) mass is 306 g/mol. The average molecular weight is 306 g/mol. The molecule has 1 aromatic carbocycles. The molecule has 0 aliphatic heterocycles. The van der Waals surface area contributed by atoms with Crippen molar-refractivity contribution in [2.45, 2.75) is 46.1 Å². The fourth-order valence-electron chi connectivity index (χ4n) is 2.31. The topological polar surface area (TPSA) is 122 Å². The largest absolute Gasteiger partial charge is 0.371 e. The third-order valence-corrected chi connectivity index (χ3v) is 3.58. The molecule has 0 aliphatic carbocycles. The van der Waals surface area contributed by atoms with Crippen molar-refractivity contribution >= 4 is 17.1 Å². The van der Waals surface area contributed by atoms with E-state index in [-0.39, 0.29) is 35.1 Å². The lowest BCUT2D eigenvalue weighted by atomic mass is 10.00. The maximum Gasteiger partial charge on any atom is 0.303 e. The number of nitrogens with one attached hydrogen (secondary N) is 1. The van der Waals surface area contributed by atoms with Gasteiger partial charge in [-0.05, 0) is 25.3 Å². The van der Waals surface area contributed by atoms with Crippen molar-refractivity contribution in [1.29, 1.82) is 5.26 Å². The zero-order valence-corrected chi connectivity index (χ0v) is 12.8. The van der Waals surface area contributed by atoms with Crippen molar-refractivity contribution in [3.05, 3.63) is 37.4 Å². The van der Waals surface area contributed by atoms with Crippen molar-refractivity contribution in [3.8, 4) is 6.07 Å². The van der Waals surface area contributed by atoms with E-state index in [0.717, 1.165) is 0 Å². The Morgan fingerprint density at radius 1 is 1.27 bits per heavy atom. The molecule has 1 aromatic rings. The molecule has 0 radical (unpaired) electrons. The number of hydrogen-bond acceptors (Lipinski definition) is 6. The first kappa shape index (κ1) is 17.4. The quantitative estimate of drug-likeness (QED) is 0.607. The number of nitro benzene ring substituents is 2. The number of nitro groups is 2. The van der Waals surface area contributed by atoms with Crippen LogP contribution < -0.4 is 5.32 Å². The third kappa shape index (κ3) is 3.49. The maximum absolute atomic E-state index is 11.4. The van der Waals surface area contributed by atoms with Gasteiger partial charge in [-0.15, -0.1) is 0 Å². The predicted octanol–water partition coefficient (Wildman–Crippen LogP) is 3.48. The van der Waals surface area contributed by atoms with Gasteiger partial charge < -0.3 is 5.32 Å². The minimum absolute atomic E-state index is 0.112. The Kier molecular flexibility index (Phi) is 5.81. The van der Waals surface area contributed by atoms with E-state index in [2.05, 4.69) is 5.32 Å². The highest BCUT2D eigenvalue weighted by Gasteiger charge is 2.31. The van der Waals surface area contributed by atoms with Crippen LogP contribution in [0, 0.1) is 38.5 Å². The number of nitrogens with zero attached hydrogens (tertiary/aromatic N) is 3. The van der Waals surface area contributed by atoms with Crippen LogP contribution in [-0.4, -0.2) is 15.9 Å². The Morgan fingerprint density at radius 2 is 1.86 bits per heavy atom. The maximum atomic E-state index is 11.4. The van der Waals surface area contributed by atoms with Gasteiger partial charge in [0.05, 0.1) is 22.3 Å². The van der Waals surface area contributed by atoms with Crippen LogP contribution in [0.4, 0.5) is 17.1 Å². The van der Waals surface area contributed by atoms with Crippen molar-refractivity contribution in [1.82, 2.24) is 0 Å². The van der Waals surface area contributed by atoms with Crippen LogP contribution in [0.2, 0.25) is 0 Å². The van der Waals surface area contributed by atoms with Crippen LogP contribution >= 0.6 is 0 Å². The molecule has 0 saturated heterocycles. The van der Waals surface area contributed by atoms with Gasteiger partial charge in [0, 0.05) is 17.7 Å². The van der Waals surface area contributed by atoms with Crippen molar-refractivity contribution in [2.24, 2.45) is 0 Å². The number of anilines is 1. The van der Waals surface area contributed by atoms with Gasteiger partial charge in [-0.25, -0.2) is 0 Å². The van der Waals surface area contributed by atoms with Crippen LogP contribution in [0.3, 0.4) is 0 Å². The minimum Gasteiger partial charge on any atom is -0.371 e. The molecule has 118 valence electrons. The van der Waals surface area contributed by atoms with Crippen molar-refractivity contribution in [3.63, 3.8) is 0 Å². The molecule has 8 nitrogen and oxygen atoms in total. The highest BCUT2D eigenvalue weighted by atomic mass is 16.6. The average Bonchev–Trinajstić information content (AvgIpc) is 2.46. The molecule has 0 fully saturated rings. The number of aryl methyl sites for hydroxylation is 1. The van der Waals surface area contributed by atoms with E-state index in [0.29, 0.717) is 18.4 Å². The van der Waals surface area contributed by atoms with Crippen LogP contribution in [0.5, 0.6) is 0 Å². The lowest BCUT2D eigenvalue weighted by molar-refractivity contribution is -0.392. The predicted molar refractivity (Wildman–Crippen MR) is 81.8 cm³/mol. The summed E-state index contributed by atoms with van der Waals surface area (Å²) in [6.45, 7) is 5.32. The van der Waals surface area contributed by atoms with Gasteiger partial charge in [0.15, 0.2) is 5.69 Å². The summed E-state index contributed by atoms with van der Waals surface area (Å²) in [7, 11) is 0. The molecule has 0 saturated carbocycles. The number of rotatable bonds is 7. The SMILES string of the molecule is CCC(CC)Nc1c([N+](=O)[O-])cc(C)c(CC#N)c1[N+](=O)[O-]. The summed E-state index contributed by atoms with van der Waals surface area (Å²) >= 11 is 0. The van der Waals surface area contributed by atoms with Gasteiger partial charge >= 0.3 is 5.69 Å². The van der Waals surface area contributed by atoms with Crippen LogP contribution in [0.15, 0.2) is 6.07 Å². The Labute approximate surface area is 128 Å². The third-order valence-electron chi connectivity index (χ3n) is 3.58. The Morgan fingerprint density at radius 3 is 2.27 bits per heavy atom. The first-order valence-electron chi connectivity index (χ1n) is 6.95. The second-order valence-corrected chi connectivity index (χ2v) is 4.92. The lowest BCUT2D eigenvalue weighted by Gasteiger charge is -2.18. The molecule has 0 aliphatic rings. The number of nitriles is 1. The van der Waals surface area contributed by atoms with E-state index in [4.69, 9.17) is 5.26 Å². The second-order valence-electron chi connectivity index (χ2n) is 4.92. The minimum atomic E-state index is -0.655. The van der Waals surface area contributed by atoms with E-state index >= 15 is 0 Å². The Balaban J connectivity index is 3.66. The fourth-order valence-corrected chi connectivity index (χ4v) is 2.31. The van der Waals surface area contributed by atoms with Crippen LogP contribution in [0.25, 0.3) is 0 Å². The zero-order chi connectivity index (χ0) is 16.9. The fraction of sp³-hybridized carbons (Fsp3) is 0.500. The number of hydrogen-bond donors (Lipinski definition) is 1. The number of benzene rings is 1. The van der Waals surface area contributed by atoms with E-state index in [9.17, 15) is 20.2 Å². The first-order valence-corrected chi connectivity index (χ1v) is 6.95. The van der Waals surface area contributed by atoms with E-state index in [1.165, 1.54) is 13.0 Å². The van der Waals surface area contributed by atoms with Crippen molar-refractivity contribution < 1.29 is 9.85 Å². The zero-order valence-electron chi connectivity index (χ0n) is 12.8. The molecule has 1 rings (SSSR count). The summed E-state index contributed by atoms with van der Waals surface area (Å²) in [5.74, 6) is 0. The summed E-state index contributed by atoms with van der Waals surface area (Å²) in [5, 5.41) is 34.5. The molecule has 0 heterocycles.